The van der Waals surface area contributed by atoms with Gasteiger partial charge in [-0.2, -0.15) is 0 Å². The molecule has 5 nitrogen and oxygen atoms in total. The van der Waals surface area contributed by atoms with Crippen molar-refractivity contribution in [3.8, 4) is 11.5 Å². The summed E-state index contributed by atoms with van der Waals surface area (Å²) >= 11 is 1.40. The first-order chi connectivity index (χ1) is 9.87. The minimum Gasteiger partial charge on any atom is -0.508 e. The number of ether oxygens (including phenoxy) is 1. The summed E-state index contributed by atoms with van der Waals surface area (Å²) in [5.74, 6) is 0.800. The Kier molecular flexibility index (Phi) is 4.96. The Balaban J connectivity index is 2.17. The zero-order chi connectivity index (χ0) is 15.5. The molecule has 0 aromatic heterocycles. The fraction of sp³-hybridized carbons (Fsp3) is 0.143. The minimum absolute atomic E-state index is 0.149. The standard InChI is InChI=1S/C14H15O5PS/c1-19-13-7-4-11(15)8-14(13)21-12-5-2-10(3-6-12)9-20(16,17)18/h2-8,15H,9H2,1H3,(H2,16,17,18). The van der Waals surface area contributed by atoms with Crippen molar-refractivity contribution in [1.29, 1.82) is 0 Å². The maximum Gasteiger partial charge on any atom is 0.329 e. The lowest BCUT2D eigenvalue weighted by Gasteiger charge is -2.09. The molecule has 0 saturated heterocycles. The first-order valence-corrected chi connectivity index (χ1v) is 8.67. The van der Waals surface area contributed by atoms with Gasteiger partial charge in [0, 0.05) is 4.90 Å². The van der Waals surface area contributed by atoms with E-state index in [-0.39, 0.29) is 11.9 Å². The summed E-state index contributed by atoms with van der Waals surface area (Å²) in [5.41, 5.74) is 0.579. The van der Waals surface area contributed by atoms with Crippen LogP contribution in [0.1, 0.15) is 5.56 Å². The Bertz CT molecular complexity index is 666. The second kappa shape index (κ2) is 6.54. The predicted molar refractivity (Wildman–Crippen MR) is 81.0 cm³/mol. The third-order valence-corrected chi connectivity index (χ3v) is 4.51. The lowest BCUT2D eigenvalue weighted by Crippen LogP contribution is -1.88. The second-order valence-corrected chi connectivity index (χ2v) is 7.16. The molecule has 0 spiro atoms. The fourth-order valence-corrected chi connectivity index (χ4v) is 3.42. The summed E-state index contributed by atoms with van der Waals surface area (Å²) in [4.78, 5) is 19.5. The maximum atomic E-state index is 10.9. The van der Waals surface area contributed by atoms with Crippen LogP contribution in [0.3, 0.4) is 0 Å². The minimum atomic E-state index is -4.05. The summed E-state index contributed by atoms with van der Waals surface area (Å²) in [7, 11) is -2.49. The third-order valence-electron chi connectivity index (χ3n) is 2.69. The first-order valence-electron chi connectivity index (χ1n) is 6.06. The van der Waals surface area contributed by atoms with Crippen molar-refractivity contribution >= 4 is 19.4 Å². The van der Waals surface area contributed by atoms with Crippen molar-refractivity contribution < 1.29 is 24.2 Å². The highest BCUT2D eigenvalue weighted by atomic mass is 32.2. The van der Waals surface area contributed by atoms with E-state index in [4.69, 9.17) is 14.5 Å². The Hall–Kier alpha value is -1.46. The highest BCUT2D eigenvalue weighted by Crippen LogP contribution is 2.40. The molecule has 7 heteroatoms. The first kappa shape index (κ1) is 15.9. The number of phenolic OH excluding ortho intramolecular Hbond substituents is 1. The molecule has 2 aromatic carbocycles. The van der Waals surface area contributed by atoms with Gasteiger partial charge in [0.05, 0.1) is 18.2 Å². The molecule has 0 aliphatic carbocycles. The zero-order valence-corrected chi connectivity index (χ0v) is 13.0. The van der Waals surface area contributed by atoms with Crippen LogP contribution in [0.2, 0.25) is 0 Å². The van der Waals surface area contributed by atoms with Crippen molar-refractivity contribution in [2.24, 2.45) is 0 Å². The Labute approximate surface area is 126 Å². The molecule has 0 saturated carbocycles. The molecular formula is C14H15O5PS. The monoisotopic (exact) mass is 326 g/mol. The molecule has 2 aromatic rings. The molecule has 21 heavy (non-hydrogen) atoms. The van der Waals surface area contributed by atoms with Gasteiger partial charge in [0.15, 0.2) is 0 Å². The van der Waals surface area contributed by atoms with E-state index in [9.17, 15) is 9.67 Å². The van der Waals surface area contributed by atoms with Crippen molar-refractivity contribution in [3.05, 3.63) is 48.0 Å². The number of benzene rings is 2. The Morgan fingerprint density at radius 1 is 1.14 bits per heavy atom. The Morgan fingerprint density at radius 2 is 1.81 bits per heavy atom. The predicted octanol–water partition coefficient (Wildman–Crippen LogP) is 3.23. The van der Waals surface area contributed by atoms with Crippen LogP contribution >= 0.6 is 19.4 Å². The molecular weight excluding hydrogens is 311 g/mol. The molecule has 0 fully saturated rings. The number of aromatic hydroxyl groups is 1. The van der Waals surface area contributed by atoms with Crippen LogP contribution < -0.4 is 4.74 Å². The SMILES string of the molecule is COc1ccc(O)cc1Sc1ccc(CP(=O)(O)O)cc1. The molecule has 0 radical (unpaired) electrons. The maximum absolute atomic E-state index is 10.9. The molecule has 112 valence electrons. The van der Waals surface area contributed by atoms with Crippen LogP contribution in [0, 0.1) is 0 Å². The van der Waals surface area contributed by atoms with E-state index in [1.807, 2.05) is 0 Å². The molecule has 0 aliphatic rings. The lowest BCUT2D eigenvalue weighted by atomic mass is 10.2. The summed E-state index contributed by atoms with van der Waals surface area (Å²) in [5, 5.41) is 9.53. The van der Waals surface area contributed by atoms with Gasteiger partial charge in [0.2, 0.25) is 0 Å². The number of phenols is 1. The largest absolute Gasteiger partial charge is 0.508 e. The van der Waals surface area contributed by atoms with Gasteiger partial charge >= 0.3 is 7.60 Å². The van der Waals surface area contributed by atoms with Gasteiger partial charge in [-0.05, 0) is 35.9 Å². The number of methoxy groups -OCH3 is 1. The lowest BCUT2D eigenvalue weighted by molar-refractivity contribution is 0.371. The second-order valence-electron chi connectivity index (χ2n) is 4.40. The van der Waals surface area contributed by atoms with Gasteiger partial charge in [-0.15, -0.1) is 0 Å². The average molecular weight is 326 g/mol. The van der Waals surface area contributed by atoms with Gasteiger partial charge in [0.25, 0.3) is 0 Å². The van der Waals surface area contributed by atoms with Crippen molar-refractivity contribution in [3.63, 3.8) is 0 Å². The van der Waals surface area contributed by atoms with E-state index in [0.29, 0.717) is 11.3 Å². The van der Waals surface area contributed by atoms with Gasteiger partial charge in [-0.1, -0.05) is 23.9 Å². The van der Waals surface area contributed by atoms with Crippen LogP contribution in [0.4, 0.5) is 0 Å². The van der Waals surface area contributed by atoms with Crippen LogP contribution in [-0.2, 0) is 10.7 Å². The third kappa shape index (κ3) is 4.79. The summed E-state index contributed by atoms with van der Waals surface area (Å²) < 4.78 is 16.2. The average Bonchev–Trinajstić information content (AvgIpc) is 2.40. The molecule has 0 bridgehead atoms. The molecule has 0 heterocycles. The van der Waals surface area contributed by atoms with Crippen LogP contribution in [-0.4, -0.2) is 22.0 Å². The van der Waals surface area contributed by atoms with E-state index in [0.717, 1.165) is 9.79 Å². The molecule has 0 amide bonds. The van der Waals surface area contributed by atoms with E-state index in [1.54, 1.807) is 49.6 Å². The quantitative estimate of drug-likeness (QED) is 0.731. The van der Waals surface area contributed by atoms with Gasteiger partial charge in [-0.3, -0.25) is 4.57 Å². The summed E-state index contributed by atoms with van der Waals surface area (Å²) in [6, 6.07) is 11.7. The summed E-state index contributed by atoms with van der Waals surface area (Å²) in [6.45, 7) is 0. The van der Waals surface area contributed by atoms with Crippen molar-refractivity contribution in [2.45, 2.75) is 16.0 Å². The van der Waals surface area contributed by atoms with Gasteiger partial charge in [0.1, 0.15) is 11.5 Å². The molecule has 0 atom stereocenters. The van der Waals surface area contributed by atoms with Crippen molar-refractivity contribution in [2.75, 3.05) is 7.11 Å². The van der Waals surface area contributed by atoms with E-state index >= 15 is 0 Å². The molecule has 2 rings (SSSR count). The van der Waals surface area contributed by atoms with E-state index in [2.05, 4.69) is 0 Å². The van der Waals surface area contributed by atoms with E-state index < -0.39 is 7.60 Å². The van der Waals surface area contributed by atoms with Crippen LogP contribution in [0.15, 0.2) is 52.3 Å². The number of hydrogen-bond donors (Lipinski definition) is 3. The number of hydrogen-bond acceptors (Lipinski definition) is 4. The molecule has 0 unspecified atom stereocenters. The highest BCUT2D eigenvalue weighted by Gasteiger charge is 2.14. The zero-order valence-electron chi connectivity index (χ0n) is 11.3. The molecule has 0 aliphatic heterocycles. The topological polar surface area (TPSA) is 87.0 Å². The normalized spacial score (nSPS) is 11.4. The summed E-state index contributed by atoms with van der Waals surface area (Å²) in [6.07, 6.45) is -0.270. The smallest absolute Gasteiger partial charge is 0.329 e. The van der Waals surface area contributed by atoms with Crippen LogP contribution in [0.25, 0.3) is 0 Å². The highest BCUT2D eigenvalue weighted by molar-refractivity contribution is 7.99. The van der Waals surface area contributed by atoms with Gasteiger partial charge < -0.3 is 19.6 Å². The fourth-order valence-electron chi connectivity index (χ4n) is 1.77. The van der Waals surface area contributed by atoms with Gasteiger partial charge in [-0.25, -0.2) is 0 Å². The molecule has 3 N–H and O–H groups in total. The number of rotatable bonds is 5. The van der Waals surface area contributed by atoms with E-state index in [1.165, 1.54) is 11.8 Å². The van der Waals surface area contributed by atoms with Crippen molar-refractivity contribution in [1.82, 2.24) is 0 Å². The van der Waals surface area contributed by atoms with Crippen LogP contribution in [0.5, 0.6) is 11.5 Å². The Morgan fingerprint density at radius 3 is 2.38 bits per heavy atom.